The van der Waals surface area contributed by atoms with Gasteiger partial charge in [0.05, 0.1) is 5.92 Å². The van der Waals surface area contributed by atoms with Crippen LogP contribution in [0, 0.1) is 0 Å². The number of halogens is 1. The van der Waals surface area contributed by atoms with Crippen LogP contribution in [0.1, 0.15) is 24.3 Å². The molecule has 0 aromatic heterocycles. The first kappa shape index (κ1) is 11.6. The predicted molar refractivity (Wildman–Crippen MR) is 65.5 cm³/mol. The third-order valence-corrected chi connectivity index (χ3v) is 3.47. The molecule has 0 aliphatic carbocycles. The standard InChI is InChI=1S/C12H14BrNO2/c13-9-4-1-3-8(7-9)11(12(15)16)10-5-2-6-14-10/h1,3-4,7,10-11,14H,2,5-6H2,(H,15,16)/t10-,11+/m0/s1. The smallest absolute Gasteiger partial charge is 0.312 e. The highest BCUT2D eigenvalue weighted by Gasteiger charge is 2.31. The van der Waals surface area contributed by atoms with E-state index in [1.54, 1.807) is 0 Å². The lowest BCUT2D eigenvalue weighted by atomic mass is 9.91. The van der Waals surface area contributed by atoms with Crippen LogP contribution in [0.15, 0.2) is 28.7 Å². The maximum atomic E-state index is 11.3. The fourth-order valence-corrected chi connectivity index (χ4v) is 2.66. The van der Waals surface area contributed by atoms with Gasteiger partial charge >= 0.3 is 5.97 Å². The molecule has 16 heavy (non-hydrogen) atoms. The van der Waals surface area contributed by atoms with Crippen LogP contribution >= 0.6 is 15.9 Å². The molecule has 0 spiro atoms. The molecule has 2 atom stereocenters. The highest BCUT2D eigenvalue weighted by Crippen LogP contribution is 2.27. The quantitative estimate of drug-likeness (QED) is 0.896. The Balaban J connectivity index is 2.28. The van der Waals surface area contributed by atoms with E-state index < -0.39 is 11.9 Å². The number of carbonyl (C=O) groups is 1. The van der Waals surface area contributed by atoms with Crippen molar-refractivity contribution in [1.29, 1.82) is 0 Å². The summed E-state index contributed by atoms with van der Waals surface area (Å²) in [7, 11) is 0. The van der Waals surface area contributed by atoms with Gasteiger partial charge in [-0.2, -0.15) is 0 Å². The van der Waals surface area contributed by atoms with Gasteiger partial charge in [-0.05, 0) is 37.1 Å². The SMILES string of the molecule is O=C(O)[C@H](c1cccc(Br)c1)[C@@H]1CCCN1. The fourth-order valence-electron chi connectivity index (χ4n) is 2.24. The normalized spacial score (nSPS) is 21.9. The molecular formula is C12H14BrNO2. The second-order valence-electron chi connectivity index (χ2n) is 4.07. The zero-order chi connectivity index (χ0) is 11.5. The van der Waals surface area contributed by atoms with Gasteiger partial charge in [0.25, 0.3) is 0 Å². The van der Waals surface area contributed by atoms with Crippen molar-refractivity contribution in [1.82, 2.24) is 5.32 Å². The summed E-state index contributed by atoms with van der Waals surface area (Å²) in [6.45, 7) is 0.919. The lowest BCUT2D eigenvalue weighted by Crippen LogP contribution is -2.33. The number of hydrogen-bond acceptors (Lipinski definition) is 2. The Hall–Kier alpha value is -0.870. The topological polar surface area (TPSA) is 49.3 Å². The molecule has 0 unspecified atom stereocenters. The van der Waals surface area contributed by atoms with E-state index >= 15 is 0 Å². The summed E-state index contributed by atoms with van der Waals surface area (Å²) in [5, 5.41) is 12.6. The van der Waals surface area contributed by atoms with Gasteiger partial charge in [-0.25, -0.2) is 0 Å². The number of benzene rings is 1. The Bertz CT molecular complexity index is 388. The molecule has 0 bridgehead atoms. The monoisotopic (exact) mass is 283 g/mol. The third-order valence-electron chi connectivity index (χ3n) is 2.97. The third kappa shape index (κ3) is 2.44. The zero-order valence-electron chi connectivity index (χ0n) is 8.82. The molecule has 1 fully saturated rings. The summed E-state index contributed by atoms with van der Waals surface area (Å²) in [4.78, 5) is 11.3. The maximum Gasteiger partial charge on any atom is 0.312 e. The molecule has 1 heterocycles. The van der Waals surface area contributed by atoms with Crippen molar-refractivity contribution in [3.05, 3.63) is 34.3 Å². The number of carboxylic acid groups (broad SMARTS) is 1. The van der Waals surface area contributed by atoms with Crippen LogP contribution in [0.5, 0.6) is 0 Å². The van der Waals surface area contributed by atoms with Gasteiger partial charge in [0, 0.05) is 10.5 Å². The molecule has 4 heteroatoms. The summed E-state index contributed by atoms with van der Waals surface area (Å²) in [5.41, 5.74) is 0.862. The van der Waals surface area contributed by atoms with Crippen molar-refractivity contribution in [3.63, 3.8) is 0 Å². The number of nitrogens with one attached hydrogen (secondary N) is 1. The second kappa shape index (κ2) is 4.97. The molecule has 1 aliphatic heterocycles. The number of hydrogen-bond donors (Lipinski definition) is 2. The molecule has 3 nitrogen and oxygen atoms in total. The zero-order valence-corrected chi connectivity index (χ0v) is 10.4. The van der Waals surface area contributed by atoms with Gasteiger partial charge in [0.2, 0.25) is 0 Å². The molecule has 1 aliphatic rings. The lowest BCUT2D eigenvalue weighted by Gasteiger charge is -2.20. The minimum Gasteiger partial charge on any atom is -0.481 e. The van der Waals surface area contributed by atoms with Crippen molar-refractivity contribution in [2.24, 2.45) is 0 Å². The molecule has 86 valence electrons. The van der Waals surface area contributed by atoms with Crippen LogP contribution in [-0.4, -0.2) is 23.7 Å². The summed E-state index contributed by atoms with van der Waals surface area (Å²) in [5.74, 6) is -1.20. The second-order valence-corrected chi connectivity index (χ2v) is 4.99. The van der Waals surface area contributed by atoms with Crippen molar-refractivity contribution >= 4 is 21.9 Å². The number of aliphatic carboxylic acids is 1. The van der Waals surface area contributed by atoms with E-state index in [1.165, 1.54) is 0 Å². The van der Waals surface area contributed by atoms with E-state index in [9.17, 15) is 9.90 Å². The van der Waals surface area contributed by atoms with E-state index in [-0.39, 0.29) is 6.04 Å². The van der Waals surface area contributed by atoms with E-state index in [4.69, 9.17) is 0 Å². The average Bonchev–Trinajstić information content (AvgIpc) is 2.71. The van der Waals surface area contributed by atoms with E-state index in [0.29, 0.717) is 0 Å². The molecular weight excluding hydrogens is 270 g/mol. The van der Waals surface area contributed by atoms with Crippen LogP contribution in [0.2, 0.25) is 0 Å². The average molecular weight is 284 g/mol. The predicted octanol–water partition coefficient (Wildman–Crippen LogP) is 2.37. The molecule has 2 N–H and O–H groups in total. The van der Waals surface area contributed by atoms with Gasteiger partial charge in [-0.1, -0.05) is 28.1 Å². The van der Waals surface area contributed by atoms with Gasteiger partial charge < -0.3 is 10.4 Å². The largest absolute Gasteiger partial charge is 0.481 e. The Morgan fingerprint density at radius 1 is 1.56 bits per heavy atom. The van der Waals surface area contributed by atoms with Crippen LogP contribution in [-0.2, 0) is 4.79 Å². The van der Waals surface area contributed by atoms with Gasteiger partial charge in [0.15, 0.2) is 0 Å². The summed E-state index contributed by atoms with van der Waals surface area (Å²) >= 11 is 3.37. The maximum absolute atomic E-state index is 11.3. The Kier molecular flexibility index (Phi) is 3.61. The van der Waals surface area contributed by atoms with Crippen LogP contribution in [0.4, 0.5) is 0 Å². The van der Waals surface area contributed by atoms with E-state index in [1.807, 2.05) is 24.3 Å². The molecule has 1 aromatic rings. The summed E-state index contributed by atoms with van der Waals surface area (Å²) < 4.78 is 0.925. The Morgan fingerprint density at radius 3 is 2.94 bits per heavy atom. The first-order chi connectivity index (χ1) is 7.68. The van der Waals surface area contributed by atoms with Crippen LogP contribution in [0.3, 0.4) is 0 Å². The first-order valence-corrected chi connectivity index (χ1v) is 6.19. The molecule has 1 saturated heterocycles. The van der Waals surface area contributed by atoms with Crippen molar-refractivity contribution in [3.8, 4) is 0 Å². The van der Waals surface area contributed by atoms with Crippen LogP contribution in [0.25, 0.3) is 0 Å². The summed E-state index contributed by atoms with van der Waals surface area (Å²) in [6.07, 6.45) is 1.99. The highest BCUT2D eigenvalue weighted by molar-refractivity contribution is 9.10. The fraction of sp³-hybridized carbons (Fsp3) is 0.417. The molecule has 0 radical (unpaired) electrons. The minimum absolute atomic E-state index is 0.0619. The number of rotatable bonds is 3. The van der Waals surface area contributed by atoms with Gasteiger partial charge in [-0.15, -0.1) is 0 Å². The molecule has 2 rings (SSSR count). The molecule has 0 saturated carbocycles. The van der Waals surface area contributed by atoms with Gasteiger partial charge in [-0.3, -0.25) is 4.79 Å². The van der Waals surface area contributed by atoms with Crippen molar-refractivity contribution in [2.45, 2.75) is 24.8 Å². The first-order valence-electron chi connectivity index (χ1n) is 5.40. The minimum atomic E-state index is -0.752. The highest BCUT2D eigenvalue weighted by atomic mass is 79.9. The van der Waals surface area contributed by atoms with E-state index in [0.717, 1.165) is 29.4 Å². The molecule has 0 amide bonds. The Labute approximate surface area is 103 Å². The van der Waals surface area contributed by atoms with E-state index in [2.05, 4.69) is 21.2 Å². The van der Waals surface area contributed by atoms with Crippen molar-refractivity contribution in [2.75, 3.05) is 6.54 Å². The van der Waals surface area contributed by atoms with Gasteiger partial charge in [0.1, 0.15) is 0 Å². The summed E-state index contributed by atoms with van der Waals surface area (Å²) in [6, 6.07) is 7.61. The lowest BCUT2D eigenvalue weighted by molar-refractivity contribution is -0.139. The van der Waals surface area contributed by atoms with Crippen LogP contribution < -0.4 is 5.32 Å². The molecule has 1 aromatic carbocycles. The van der Waals surface area contributed by atoms with Crippen molar-refractivity contribution < 1.29 is 9.90 Å². The Morgan fingerprint density at radius 2 is 2.38 bits per heavy atom. The number of carboxylic acids is 1.